The Bertz CT molecular complexity index is 3370. The minimum Gasteiger partial charge on any atom is -0.456 e. The number of hydrogen-bond acceptors (Lipinski definition) is 7. The van der Waals surface area contributed by atoms with E-state index in [4.69, 9.17) is 34.3 Å². The predicted molar refractivity (Wildman–Crippen MR) is 244 cm³/mol. The van der Waals surface area contributed by atoms with E-state index < -0.39 is 0 Å². The summed E-state index contributed by atoms with van der Waals surface area (Å²) >= 11 is 0. The van der Waals surface area contributed by atoms with Crippen molar-refractivity contribution in [3.8, 4) is 90.6 Å². The molecule has 11 rings (SSSR count). The lowest BCUT2D eigenvalue weighted by atomic mass is 10.00. The van der Waals surface area contributed by atoms with Gasteiger partial charge in [0.05, 0.1) is 0 Å². The fourth-order valence-electron chi connectivity index (χ4n) is 7.71. The molecular weight excluding hydrogens is 749 g/mol. The van der Waals surface area contributed by atoms with Crippen LogP contribution in [0.25, 0.3) is 113 Å². The summed E-state index contributed by atoms with van der Waals surface area (Å²) in [5.74, 6) is 3.52. The fourth-order valence-corrected chi connectivity index (χ4v) is 7.71. The number of fused-ring (bicyclic) bond motifs is 3. The highest BCUT2D eigenvalue weighted by molar-refractivity contribution is 6.05. The molecule has 0 fully saturated rings. The molecule has 7 nitrogen and oxygen atoms in total. The number of hydrogen-bond donors (Lipinski definition) is 0. The minimum absolute atomic E-state index is 0.563. The normalized spacial score (nSPS) is 11.3. The van der Waals surface area contributed by atoms with Crippen LogP contribution in [0.5, 0.6) is 0 Å². The van der Waals surface area contributed by atoms with E-state index in [-0.39, 0.29) is 0 Å². The molecule has 0 aliphatic heterocycles. The van der Waals surface area contributed by atoms with Gasteiger partial charge in [0.15, 0.2) is 34.9 Å². The first-order valence-electron chi connectivity index (χ1n) is 20.1. The van der Waals surface area contributed by atoms with E-state index in [1.807, 2.05) is 127 Å². The van der Waals surface area contributed by atoms with Crippen LogP contribution in [0.2, 0.25) is 0 Å². The molecule has 7 heteroatoms. The Morgan fingerprint density at radius 3 is 1.02 bits per heavy atom. The molecule has 0 radical (unpaired) electrons. The summed E-state index contributed by atoms with van der Waals surface area (Å²) < 4.78 is 6.25. The number of aromatic nitrogens is 6. The van der Waals surface area contributed by atoms with Crippen LogP contribution in [-0.2, 0) is 0 Å². The number of benzene rings is 8. The molecule has 0 aliphatic carbocycles. The van der Waals surface area contributed by atoms with E-state index in [9.17, 15) is 0 Å². The lowest BCUT2D eigenvalue weighted by Gasteiger charge is -2.11. The quantitative estimate of drug-likeness (QED) is 0.152. The second-order valence-electron chi connectivity index (χ2n) is 14.8. The molecule has 286 valence electrons. The average Bonchev–Trinajstić information content (AvgIpc) is 3.73. The SMILES string of the molecule is c1ccc(-c2cccc(-c3nc(-c4ccccc4)nc(-c4cccc(-c5cccc(-c6nc(-c7ccccc7)nc(-c7ccc8c(c7)oc7ccccc78)n6)c5)c4)n3)c2)cc1. The topological polar surface area (TPSA) is 90.5 Å². The smallest absolute Gasteiger partial charge is 0.164 e. The fraction of sp³-hybridized carbons (Fsp3) is 0. The van der Waals surface area contributed by atoms with Gasteiger partial charge in [0, 0.05) is 44.2 Å². The molecule has 11 aromatic rings. The van der Waals surface area contributed by atoms with E-state index in [1.54, 1.807) is 0 Å². The van der Waals surface area contributed by atoms with E-state index in [2.05, 4.69) is 78.9 Å². The second kappa shape index (κ2) is 15.4. The maximum atomic E-state index is 6.25. The van der Waals surface area contributed by atoms with E-state index in [0.717, 1.165) is 77.6 Å². The van der Waals surface area contributed by atoms with Crippen LogP contribution in [0.4, 0.5) is 0 Å². The van der Waals surface area contributed by atoms with Gasteiger partial charge < -0.3 is 4.42 Å². The van der Waals surface area contributed by atoms with Crippen molar-refractivity contribution >= 4 is 21.9 Å². The van der Waals surface area contributed by atoms with Crippen LogP contribution < -0.4 is 0 Å². The summed E-state index contributed by atoms with van der Waals surface area (Å²) in [6.45, 7) is 0. The summed E-state index contributed by atoms with van der Waals surface area (Å²) in [5.41, 5.74) is 11.2. The zero-order chi connectivity index (χ0) is 40.5. The highest BCUT2D eigenvalue weighted by atomic mass is 16.3. The first-order valence-corrected chi connectivity index (χ1v) is 20.1. The van der Waals surface area contributed by atoms with Crippen LogP contribution in [-0.4, -0.2) is 29.9 Å². The van der Waals surface area contributed by atoms with Crippen molar-refractivity contribution in [2.75, 3.05) is 0 Å². The van der Waals surface area contributed by atoms with Crippen LogP contribution in [0.15, 0.2) is 211 Å². The van der Waals surface area contributed by atoms with Gasteiger partial charge in [-0.15, -0.1) is 0 Å². The summed E-state index contributed by atoms with van der Waals surface area (Å²) in [5, 5.41) is 2.13. The monoisotopic (exact) mass is 782 g/mol. The van der Waals surface area contributed by atoms with Gasteiger partial charge in [-0.2, -0.15) is 0 Å². The molecule has 61 heavy (non-hydrogen) atoms. The molecule has 0 saturated heterocycles. The second-order valence-corrected chi connectivity index (χ2v) is 14.8. The molecule has 0 unspecified atom stereocenters. The Morgan fingerprint density at radius 2 is 0.541 bits per heavy atom. The van der Waals surface area contributed by atoms with Gasteiger partial charge in [-0.1, -0.05) is 170 Å². The molecule has 3 aromatic heterocycles. The van der Waals surface area contributed by atoms with Crippen LogP contribution in [0.3, 0.4) is 0 Å². The molecule has 0 N–H and O–H groups in total. The van der Waals surface area contributed by atoms with Gasteiger partial charge in [0.2, 0.25) is 0 Å². The zero-order valence-electron chi connectivity index (χ0n) is 32.7. The van der Waals surface area contributed by atoms with Crippen LogP contribution in [0.1, 0.15) is 0 Å². The van der Waals surface area contributed by atoms with Gasteiger partial charge in [-0.3, -0.25) is 0 Å². The standard InChI is InChI=1S/C54H34N6O/c1-4-15-35(16-5-1)38-21-12-24-41(31-38)51-55-49(36-17-6-2-7-18-36)56-52(59-51)42-25-13-22-39(32-42)40-23-14-26-43(33-40)53-57-50(37-19-8-3-9-20-37)58-54(60-53)44-29-30-46-45-27-10-11-28-47(45)61-48(46)34-44/h1-34H. The highest BCUT2D eigenvalue weighted by Crippen LogP contribution is 2.34. The highest BCUT2D eigenvalue weighted by Gasteiger charge is 2.17. The number of furan rings is 1. The Hall–Kier alpha value is -8.42. The van der Waals surface area contributed by atoms with Gasteiger partial charge in [-0.05, 0) is 58.7 Å². The molecule has 0 amide bonds. The molecule has 3 heterocycles. The number of nitrogens with zero attached hydrogens (tertiary/aromatic N) is 6. The molecule has 0 atom stereocenters. The predicted octanol–water partition coefficient (Wildman–Crippen LogP) is 13.3. The first kappa shape index (κ1) is 35.7. The van der Waals surface area contributed by atoms with Crippen LogP contribution in [0, 0.1) is 0 Å². The van der Waals surface area contributed by atoms with Crippen LogP contribution >= 0.6 is 0 Å². The van der Waals surface area contributed by atoms with Crippen molar-refractivity contribution in [2.24, 2.45) is 0 Å². The van der Waals surface area contributed by atoms with E-state index in [1.165, 1.54) is 0 Å². The third-order valence-corrected chi connectivity index (χ3v) is 10.8. The maximum absolute atomic E-state index is 6.25. The zero-order valence-corrected chi connectivity index (χ0v) is 32.7. The lowest BCUT2D eigenvalue weighted by molar-refractivity contribution is 0.669. The average molecular weight is 783 g/mol. The van der Waals surface area contributed by atoms with E-state index in [0.29, 0.717) is 34.9 Å². The van der Waals surface area contributed by atoms with Crippen molar-refractivity contribution in [3.05, 3.63) is 206 Å². The Labute approximate surface area is 351 Å². The van der Waals surface area contributed by atoms with Crippen molar-refractivity contribution in [2.45, 2.75) is 0 Å². The Balaban J connectivity index is 0.989. The number of rotatable bonds is 8. The van der Waals surface area contributed by atoms with Crippen molar-refractivity contribution in [1.82, 2.24) is 29.9 Å². The first-order chi connectivity index (χ1) is 30.2. The molecule has 0 aliphatic rings. The van der Waals surface area contributed by atoms with Crippen molar-refractivity contribution < 1.29 is 4.42 Å². The summed E-state index contributed by atoms with van der Waals surface area (Å²) in [7, 11) is 0. The Kier molecular flexibility index (Phi) is 9.02. The van der Waals surface area contributed by atoms with Crippen molar-refractivity contribution in [1.29, 1.82) is 0 Å². The molecule has 0 saturated carbocycles. The number of para-hydroxylation sites is 1. The summed E-state index contributed by atoms with van der Waals surface area (Å²) in [6, 6.07) is 69.6. The molecular formula is C54H34N6O. The maximum Gasteiger partial charge on any atom is 0.164 e. The van der Waals surface area contributed by atoms with Gasteiger partial charge in [0.1, 0.15) is 11.2 Å². The summed E-state index contributed by atoms with van der Waals surface area (Å²) in [4.78, 5) is 30.2. The molecule has 0 bridgehead atoms. The Morgan fingerprint density at radius 1 is 0.213 bits per heavy atom. The largest absolute Gasteiger partial charge is 0.456 e. The molecule has 0 spiro atoms. The van der Waals surface area contributed by atoms with Gasteiger partial charge in [0.25, 0.3) is 0 Å². The summed E-state index contributed by atoms with van der Waals surface area (Å²) in [6.07, 6.45) is 0. The molecule has 8 aromatic carbocycles. The minimum atomic E-state index is 0.563. The van der Waals surface area contributed by atoms with E-state index >= 15 is 0 Å². The third-order valence-electron chi connectivity index (χ3n) is 10.8. The van der Waals surface area contributed by atoms with Gasteiger partial charge in [-0.25, -0.2) is 29.9 Å². The van der Waals surface area contributed by atoms with Crippen molar-refractivity contribution in [3.63, 3.8) is 0 Å². The van der Waals surface area contributed by atoms with Gasteiger partial charge >= 0.3 is 0 Å². The third kappa shape index (κ3) is 7.11. The lowest BCUT2D eigenvalue weighted by Crippen LogP contribution is -2.00.